The van der Waals surface area contributed by atoms with E-state index in [4.69, 9.17) is 37.4 Å². The lowest BCUT2D eigenvalue weighted by atomic mass is 9.76. The number of carbonyl (C=O) groups is 1. The highest BCUT2D eigenvalue weighted by atomic mass is 35.5. The highest BCUT2D eigenvalue weighted by Gasteiger charge is 2.42. The molecule has 2 N–H and O–H groups in total. The largest absolute Gasteiger partial charge is 0.493 e. The van der Waals surface area contributed by atoms with Gasteiger partial charge >= 0.3 is 0 Å². The number of benzene rings is 3. The summed E-state index contributed by atoms with van der Waals surface area (Å²) in [6.07, 6.45) is 3.78. The molecule has 6 rings (SSSR count). The summed E-state index contributed by atoms with van der Waals surface area (Å²) in [5.41, 5.74) is 3.36. The molecule has 0 saturated carbocycles. The van der Waals surface area contributed by atoms with Crippen LogP contribution in [0.3, 0.4) is 0 Å². The Hall–Kier alpha value is -3.66. The van der Waals surface area contributed by atoms with E-state index in [9.17, 15) is 4.79 Å². The third kappa shape index (κ3) is 6.52. The first-order chi connectivity index (χ1) is 21.8. The Morgan fingerprint density at radius 2 is 1.71 bits per heavy atom. The first-order valence-corrected chi connectivity index (χ1v) is 16.1. The lowest BCUT2D eigenvalue weighted by Gasteiger charge is -2.36. The molecule has 2 aliphatic rings. The Bertz CT molecular complexity index is 1610. The number of hydrogen-bond donors (Lipinski definition) is 2. The maximum atomic E-state index is 13.9. The van der Waals surface area contributed by atoms with Crippen LogP contribution in [0.15, 0.2) is 54.6 Å². The fourth-order valence-electron chi connectivity index (χ4n) is 6.73. The number of likely N-dealkylation sites (tertiary alicyclic amines) is 2. The number of imidazole rings is 1. The summed E-state index contributed by atoms with van der Waals surface area (Å²) < 4.78 is 16.5. The van der Waals surface area contributed by atoms with E-state index in [1.165, 1.54) is 0 Å². The van der Waals surface area contributed by atoms with Gasteiger partial charge in [0.2, 0.25) is 11.7 Å². The third-order valence-electron chi connectivity index (χ3n) is 9.31. The number of fused-ring (bicyclic) bond motifs is 1. The number of rotatable bonds is 10. The minimum absolute atomic E-state index is 0.0753. The fraction of sp³-hybridized carbons (Fsp3) is 0.412. The van der Waals surface area contributed by atoms with Gasteiger partial charge in [0.1, 0.15) is 0 Å². The van der Waals surface area contributed by atoms with Crippen molar-refractivity contribution in [2.45, 2.75) is 37.1 Å². The van der Waals surface area contributed by atoms with E-state index < -0.39 is 0 Å². The van der Waals surface area contributed by atoms with Crippen molar-refractivity contribution in [2.75, 3.05) is 59.4 Å². The van der Waals surface area contributed by atoms with E-state index >= 15 is 0 Å². The van der Waals surface area contributed by atoms with Crippen molar-refractivity contribution in [3.8, 4) is 17.2 Å². The molecule has 45 heavy (non-hydrogen) atoms. The molecule has 2 saturated heterocycles. The topological polar surface area (TPSA) is 92.0 Å². The fourth-order valence-corrected chi connectivity index (χ4v) is 7.03. The number of H-pyrrole nitrogens is 1. The lowest BCUT2D eigenvalue weighted by Crippen LogP contribution is -2.42. The van der Waals surface area contributed by atoms with Gasteiger partial charge in [-0.25, -0.2) is 4.98 Å². The molecule has 3 aromatic carbocycles. The maximum absolute atomic E-state index is 13.9. The van der Waals surface area contributed by atoms with E-state index in [1.54, 1.807) is 33.5 Å². The Labute approximate surface area is 273 Å². The van der Waals surface area contributed by atoms with Gasteiger partial charge in [0.25, 0.3) is 5.91 Å². The normalized spacial score (nSPS) is 19.2. The average molecular weight is 653 g/mol. The number of ether oxygens (including phenoxy) is 3. The number of anilines is 1. The van der Waals surface area contributed by atoms with Crippen LogP contribution < -0.4 is 19.5 Å². The molecule has 9 nitrogen and oxygen atoms in total. The number of nitrogens with zero attached hydrogens (tertiary/aromatic N) is 3. The molecule has 0 unspecified atom stereocenters. The molecule has 2 aliphatic heterocycles. The molecular formula is C34H39Cl2N5O4. The van der Waals surface area contributed by atoms with Gasteiger partial charge in [0.15, 0.2) is 11.5 Å². The molecule has 11 heteroatoms. The van der Waals surface area contributed by atoms with Gasteiger partial charge in [-0.2, -0.15) is 0 Å². The van der Waals surface area contributed by atoms with Crippen LogP contribution in [-0.4, -0.2) is 85.8 Å². The highest BCUT2D eigenvalue weighted by molar-refractivity contribution is 6.42. The van der Waals surface area contributed by atoms with Crippen LogP contribution in [-0.2, 0) is 5.41 Å². The maximum Gasteiger partial charge on any atom is 0.254 e. The predicted molar refractivity (Wildman–Crippen MR) is 179 cm³/mol. The molecule has 1 aromatic heterocycles. The van der Waals surface area contributed by atoms with Crippen molar-refractivity contribution >= 4 is 46.1 Å². The quantitative estimate of drug-likeness (QED) is 0.198. The molecule has 1 atom stereocenters. The van der Waals surface area contributed by atoms with Crippen LogP contribution >= 0.6 is 23.2 Å². The lowest BCUT2D eigenvalue weighted by molar-refractivity contribution is 0.0779. The Balaban J connectivity index is 1.15. The summed E-state index contributed by atoms with van der Waals surface area (Å²) in [5, 5.41) is 4.65. The molecule has 0 spiro atoms. The van der Waals surface area contributed by atoms with Crippen molar-refractivity contribution in [3.63, 3.8) is 0 Å². The van der Waals surface area contributed by atoms with E-state index in [0.29, 0.717) is 52.0 Å². The number of piperidine rings is 1. The van der Waals surface area contributed by atoms with Crippen LogP contribution in [0.2, 0.25) is 10.0 Å². The molecule has 2 fully saturated rings. The minimum Gasteiger partial charge on any atom is -0.493 e. The molecule has 0 aliphatic carbocycles. The third-order valence-corrected chi connectivity index (χ3v) is 10.0. The zero-order valence-corrected chi connectivity index (χ0v) is 27.4. The first-order valence-electron chi connectivity index (χ1n) is 15.3. The number of aromatic nitrogens is 2. The van der Waals surface area contributed by atoms with Gasteiger partial charge in [-0.05, 0) is 74.2 Å². The van der Waals surface area contributed by atoms with Gasteiger partial charge < -0.3 is 34.3 Å². The molecule has 4 aromatic rings. The number of hydrogen-bond acceptors (Lipinski definition) is 7. The van der Waals surface area contributed by atoms with E-state index in [2.05, 4.69) is 26.3 Å². The Kier molecular flexibility index (Phi) is 9.31. The number of amides is 1. The van der Waals surface area contributed by atoms with E-state index in [-0.39, 0.29) is 11.3 Å². The number of nitrogens with one attached hydrogen (secondary N) is 2. The summed E-state index contributed by atoms with van der Waals surface area (Å²) in [6.45, 7) is 4.10. The van der Waals surface area contributed by atoms with Crippen molar-refractivity contribution in [1.29, 1.82) is 0 Å². The smallest absolute Gasteiger partial charge is 0.254 e. The van der Waals surface area contributed by atoms with Gasteiger partial charge in [-0.15, -0.1) is 0 Å². The number of aromatic amines is 1. The van der Waals surface area contributed by atoms with Gasteiger partial charge in [0.05, 0.1) is 42.4 Å². The van der Waals surface area contributed by atoms with Crippen molar-refractivity contribution < 1.29 is 19.0 Å². The van der Waals surface area contributed by atoms with E-state index in [1.807, 2.05) is 41.3 Å². The standard InChI is InChI=1S/C34H39Cl2N5O4/c1-43-29-18-22(19-30(44-2)31(29)45-3)32(42)41-17-13-34(21-41,23-8-9-25(35)26(36)20-23)12-16-40-14-10-24(11-15-40)37-33-38-27-6-4-5-7-28(27)39-33/h4-9,18-20,24H,10-17,21H2,1-3H3,(H2,37,38,39)/t34-/m1/s1. The second-order valence-corrected chi connectivity index (χ2v) is 12.7. The van der Waals surface area contributed by atoms with E-state index in [0.717, 1.165) is 67.9 Å². The predicted octanol–water partition coefficient (Wildman–Crippen LogP) is 6.65. The van der Waals surface area contributed by atoms with Crippen LogP contribution in [0.25, 0.3) is 11.0 Å². The SMILES string of the molecule is COc1cc(C(=O)N2CC[C@@](CCN3CCC(Nc4nc5ccccc5[nH]4)CC3)(c3ccc(Cl)c(Cl)c3)C2)cc(OC)c1OC. The zero-order valence-electron chi connectivity index (χ0n) is 25.9. The van der Waals surface area contributed by atoms with Gasteiger partial charge in [-0.3, -0.25) is 4.79 Å². The number of para-hydroxylation sites is 2. The van der Waals surface area contributed by atoms with Crippen molar-refractivity contribution in [3.05, 3.63) is 75.8 Å². The van der Waals surface area contributed by atoms with Crippen LogP contribution in [0.5, 0.6) is 17.2 Å². The minimum atomic E-state index is -0.256. The molecule has 0 bridgehead atoms. The molecule has 1 amide bonds. The monoisotopic (exact) mass is 651 g/mol. The number of halogens is 2. The second-order valence-electron chi connectivity index (χ2n) is 11.9. The highest BCUT2D eigenvalue weighted by Crippen LogP contribution is 2.42. The summed E-state index contributed by atoms with van der Waals surface area (Å²) in [5.74, 6) is 2.12. The second kappa shape index (κ2) is 13.4. The summed E-state index contributed by atoms with van der Waals surface area (Å²) in [4.78, 5) is 26.4. The Morgan fingerprint density at radius 1 is 0.978 bits per heavy atom. The number of methoxy groups -OCH3 is 3. The molecular weight excluding hydrogens is 613 g/mol. The van der Waals surface area contributed by atoms with Gasteiger partial charge in [0, 0.05) is 43.2 Å². The van der Waals surface area contributed by atoms with Crippen molar-refractivity contribution in [1.82, 2.24) is 19.8 Å². The first kappa shape index (κ1) is 31.3. The summed E-state index contributed by atoms with van der Waals surface area (Å²) in [6, 6.07) is 17.8. The van der Waals surface area contributed by atoms with Crippen LogP contribution in [0.4, 0.5) is 5.95 Å². The summed E-state index contributed by atoms with van der Waals surface area (Å²) in [7, 11) is 4.65. The molecule has 3 heterocycles. The summed E-state index contributed by atoms with van der Waals surface area (Å²) >= 11 is 12.8. The van der Waals surface area contributed by atoms with Crippen LogP contribution in [0, 0.1) is 0 Å². The van der Waals surface area contributed by atoms with Gasteiger partial charge in [-0.1, -0.05) is 41.4 Å². The van der Waals surface area contributed by atoms with Crippen molar-refractivity contribution in [2.24, 2.45) is 0 Å². The van der Waals surface area contributed by atoms with Crippen LogP contribution in [0.1, 0.15) is 41.6 Å². The Morgan fingerprint density at radius 3 is 2.38 bits per heavy atom. The molecule has 0 radical (unpaired) electrons. The average Bonchev–Trinajstić information content (AvgIpc) is 3.69. The zero-order chi connectivity index (χ0) is 31.6. The number of carbonyl (C=O) groups excluding carboxylic acids is 1. The molecule has 238 valence electrons.